The third-order valence-electron chi connectivity index (χ3n) is 2.13. The van der Waals surface area contributed by atoms with E-state index in [-0.39, 0.29) is 5.76 Å². The minimum atomic E-state index is -0.683. The summed E-state index contributed by atoms with van der Waals surface area (Å²) in [6, 6.07) is 2.44. The SMILES string of the molecule is O=[N+]([O-])c1ccc(/C([O-])=C\C=C2C=CC=C2)o1. The molecular formula is C12H8NO4-. The monoisotopic (exact) mass is 230 g/mol. The first-order valence-corrected chi connectivity index (χ1v) is 4.85. The average molecular weight is 230 g/mol. The zero-order valence-electron chi connectivity index (χ0n) is 8.70. The third kappa shape index (κ3) is 2.52. The molecule has 0 aromatic carbocycles. The third-order valence-corrected chi connectivity index (χ3v) is 2.13. The predicted octanol–water partition coefficient (Wildman–Crippen LogP) is 1.94. The molecule has 0 spiro atoms. The molecule has 5 nitrogen and oxygen atoms in total. The molecule has 0 aliphatic heterocycles. The predicted molar refractivity (Wildman–Crippen MR) is 59.7 cm³/mol. The summed E-state index contributed by atoms with van der Waals surface area (Å²) in [4.78, 5) is 9.68. The van der Waals surface area contributed by atoms with E-state index in [1.165, 1.54) is 12.1 Å². The van der Waals surface area contributed by atoms with E-state index in [0.29, 0.717) is 0 Å². The number of nitro groups is 1. The van der Waals surface area contributed by atoms with Gasteiger partial charge in [-0.25, -0.2) is 0 Å². The van der Waals surface area contributed by atoms with Crippen LogP contribution in [0.3, 0.4) is 0 Å². The molecule has 5 heteroatoms. The normalized spacial score (nSPS) is 14.4. The molecule has 1 aromatic heterocycles. The van der Waals surface area contributed by atoms with Gasteiger partial charge in [-0.05, 0) is 11.6 Å². The highest BCUT2D eigenvalue weighted by molar-refractivity contribution is 5.56. The number of hydrogen-bond donors (Lipinski definition) is 0. The Kier molecular flexibility index (Phi) is 2.91. The molecule has 86 valence electrons. The van der Waals surface area contributed by atoms with E-state index in [2.05, 4.69) is 0 Å². The van der Waals surface area contributed by atoms with Crippen LogP contribution in [0.15, 0.2) is 58.6 Å². The lowest BCUT2D eigenvalue weighted by atomic mass is 10.2. The first-order valence-electron chi connectivity index (χ1n) is 4.85. The highest BCUT2D eigenvalue weighted by Crippen LogP contribution is 2.19. The Balaban J connectivity index is 2.18. The van der Waals surface area contributed by atoms with Gasteiger partial charge in [-0.3, -0.25) is 10.1 Å². The van der Waals surface area contributed by atoms with Gasteiger partial charge in [0.1, 0.15) is 10.7 Å². The van der Waals surface area contributed by atoms with Gasteiger partial charge >= 0.3 is 5.88 Å². The molecule has 2 rings (SSSR count). The van der Waals surface area contributed by atoms with Crippen molar-refractivity contribution in [2.45, 2.75) is 0 Å². The van der Waals surface area contributed by atoms with Gasteiger partial charge in [0.2, 0.25) is 0 Å². The Bertz CT molecular complexity index is 547. The van der Waals surface area contributed by atoms with Crippen LogP contribution >= 0.6 is 0 Å². The van der Waals surface area contributed by atoms with E-state index in [4.69, 9.17) is 4.42 Å². The lowest BCUT2D eigenvalue weighted by Crippen LogP contribution is -2.00. The fourth-order valence-corrected chi connectivity index (χ4v) is 1.31. The van der Waals surface area contributed by atoms with Gasteiger partial charge in [0, 0.05) is 0 Å². The van der Waals surface area contributed by atoms with Gasteiger partial charge in [-0.15, -0.1) is 0 Å². The summed E-state index contributed by atoms with van der Waals surface area (Å²) in [6.07, 6.45) is 10.3. The van der Waals surface area contributed by atoms with Crippen LogP contribution in [0, 0.1) is 10.1 Å². The maximum Gasteiger partial charge on any atom is 0.433 e. The summed E-state index contributed by atoms with van der Waals surface area (Å²) >= 11 is 0. The Labute approximate surface area is 96.8 Å². The van der Waals surface area contributed by atoms with Crippen molar-refractivity contribution in [1.82, 2.24) is 0 Å². The second-order valence-corrected chi connectivity index (χ2v) is 3.31. The van der Waals surface area contributed by atoms with E-state index in [0.717, 1.165) is 11.6 Å². The molecule has 17 heavy (non-hydrogen) atoms. The van der Waals surface area contributed by atoms with Crippen LogP contribution < -0.4 is 5.11 Å². The molecule has 0 radical (unpaired) electrons. The van der Waals surface area contributed by atoms with Crippen LogP contribution in [-0.4, -0.2) is 4.92 Å². The highest BCUT2D eigenvalue weighted by Gasteiger charge is 2.10. The smallest absolute Gasteiger partial charge is 0.433 e. The zero-order chi connectivity index (χ0) is 12.3. The standard InChI is InChI=1S/C12H9NO4/c14-10(6-5-9-3-1-2-4-9)11-7-8-12(17-11)13(15)16/h1-8,14H/p-1/b10-6+. The fraction of sp³-hybridized carbons (Fsp3) is 0. The molecule has 0 saturated heterocycles. The summed E-state index contributed by atoms with van der Waals surface area (Å²) in [5, 5.41) is 21.9. The van der Waals surface area contributed by atoms with Gasteiger partial charge < -0.3 is 9.52 Å². The number of allylic oxidation sites excluding steroid dienone is 7. The minimum Gasteiger partial charge on any atom is -0.870 e. The molecule has 1 aromatic rings. The lowest BCUT2D eigenvalue weighted by Gasteiger charge is -2.05. The Morgan fingerprint density at radius 2 is 2.00 bits per heavy atom. The average Bonchev–Trinajstić information content (AvgIpc) is 2.96. The summed E-state index contributed by atoms with van der Waals surface area (Å²) in [6.45, 7) is 0. The summed E-state index contributed by atoms with van der Waals surface area (Å²) in [5.41, 5.74) is 0.888. The molecule has 0 amide bonds. The summed E-state index contributed by atoms with van der Waals surface area (Å²) in [5.74, 6) is -0.881. The zero-order valence-corrected chi connectivity index (χ0v) is 8.70. The Morgan fingerprint density at radius 3 is 2.59 bits per heavy atom. The summed E-state index contributed by atoms with van der Waals surface area (Å²) in [7, 11) is 0. The van der Waals surface area contributed by atoms with E-state index in [9.17, 15) is 15.2 Å². The molecular weight excluding hydrogens is 222 g/mol. The Hall–Kier alpha value is -2.56. The highest BCUT2D eigenvalue weighted by atomic mass is 16.6. The van der Waals surface area contributed by atoms with Crippen molar-refractivity contribution >= 4 is 11.6 Å². The van der Waals surface area contributed by atoms with Crippen LogP contribution in [0.25, 0.3) is 5.76 Å². The van der Waals surface area contributed by atoms with Crippen molar-refractivity contribution in [1.29, 1.82) is 0 Å². The van der Waals surface area contributed by atoms with Crippen molar-refractivity contribution in [3.8, 4) is 0 Å². The molecule has 0 saturated carbocycles. The molecule has 0 unspecified atom stereocenters. The molecule has 0 N–H and O–H groups in total. The summed E-state index contributed by atoms with van der Waals surface area (Å²) < 4.78 is 4.78. The second-order valence-electron chi connectivity index (χ2n) is 3.31. The van der Waals surface area contributed by atoms with Gasteiger partial charge in [-0.1, -0.05) is 42.2 Å². The van der Waals surface area contributed by atoms with Gasteiger partial charge in [0.05, 0.1) is 6.07 Å². The van der Waals surface area contributed by atoms with Crippen molar-refractivity contribution in [3.05, 3.63) is 70.0 Å². The van der Waals surface area contributed by atoms with Crippen LogP contribution in [0.2, 0.25) is 0 Å². The number of hydrogen-bond acceptors (Lipinski definition) is 4. The molecule has 0 atom stereocenters. The molecule has 0 fully saturated rings. The molecule has 1 heterocycles. The molecule has 1 aliphatic rings. The minimum absolute atomic E-state index is 0.0421. The van der Waals surface area contributed by atoms with E-state index >= 15 is 0 Å². The van der Waals surface area contributed by atoms with E-state index in [1.807, 2.05) is 24.3 Å². The van der Waals surface area contributed by atoms with Crippen LogP contribution in [0.1, 0.15) is 5.76 Å². The number of furan rings is 1. The van der Waals surface area contributed by atoms with Crippen LogP contribution in [0.5, 0.6) is 0 Å². The van der Waals surface area contributed by atoms with Gasteiger partial charge in [0.25, 0.3) is 0 Å². The largest absolute Gasteiger partial charge is 0.870 e. The first-order chi connectivity index (χ1) is 8.16. The topological polar surface area (TPSA) is 79.3 Å². The first kappa shape index (κ1) is 10.9. The quantitative estimate of drug-likeness (QED) is 0.451. The van der Waals surface area contributed by atoms with Gasteiger partial charge in [-0.2, -0.15) is 0 Å². The fourth-order valence-electron chi connectivity index (χ4n) is 1.31. The van der Waals surface area contributed by atoms with E-state index in [1.54, 1.807) is 6.08 Å². The van der Waals surface area contributed by atoms with Gasteiger partial charge in [0.15, 0.2) is 0 Å². The van der Waals surface area contributed by atoms with Crippen molar-refractivity contribution in [3.63, 3.8) is 0 Å². The number of rotatable bonds is 3. The van der Waals surface area contributed by atoms with E-state index < -0.39 is 16.6 Å². The molecule has 1 aliphatic carbocycles. The maximum absolute atomic E-state index is 11.6. The van der Waals surface area contributed by atoms with Crippen LogP contribution in [0.4, 0.5) is 5.88 Å². The molecule has 0 bridgehead atoms. The van der Waals surface area contributed by atoms with Crippen molar-refractivity contribution < 1.29 is 14.4 Å². The Morgan fingerprint density at radius 1 is 1.29 bits per heavy atom. The lowest BCUT2D eigenvalue weighted by molar-refractivity contribution is -0.402. The maximum atomic E-state index is 11.6. The number of nitrogens with zero attached hydrogens (tertiary/aromatic N) is 1. The van der Waals surface area contributed by atoms with Crippen molar-refractivity contribution in [2.24, 2.45) is 0 Å². The van der Waals surface area contributed by atoms with Crippen LogP contribution in [-0.2, 0) is 0 Å². The second kappa shape index (κ2) is 4.52. The van der Waals surface area contributed by atoms with Crippen molar-refractivity contribution in [2.75, 3.05) is 0 Å².